The number of carbonyl (C=O) groups excluding carboxylic acids is 1. The number of nitrogens with one attached hydrogen (secondary N) is 3. The zero-order chi connectivity index (χ0) is 30.0. The van der Waals surface area contributed by atoms with Gasteiger partial charge in [0.1, 0.15) is 11.5 Å². The van der Waals surface area contributed by atoms with Crippen molar-refractivity contribution >= 4 is 16.1 Å². The fourth-order valence-electron chi connectivity index (χ4n) is 5.80. The van der Waals surface area contributed by atoms with E-state index in [1.54, 1.807) is 39.5 Å². The summed E-state index contributed by atoms with van der Waals surface area (Å²) in [6.45, 7) is 0.623. The molecule has 9 nitrogen and oxygen atoms in total. The van der Waals surface area contributed by atoms with Crippen LogP contribution in [0.2, 0.25) is 0 Å². The number of benzene rings is 3. The number of hydrogen-bond donors (Lipinski definition) is 3. The Morgan fingerprint density at radius 2 is 1.50 bits per heavy atom. The van der Waals surface area contributed by atoms with Crippen LogP contribution in [-0.2, 0) is 26.8 Å². The summed E-state index contributed by atoms with van der Waals surface area (Å²) < 4.78 is 48.4. The van der Waals surface area contributed by atoms with Gasteiger partial charge in [-0.05, 0) is 55.9 Å². The van der Waals surface area contributed by atoms with Crippen molar-refractivity contribution < 1.29 is 27.4 Å². The van der Waals surface area contributed by atoms with Crippen molar-refractivity contribution in [2.24, 2.45) is 0 Å². The van der Waals surface area contributed by atoms with E-state index in [2.05, 4.69) is 14.8 Å². The van der Waals surface area contributed by atoms with Crippen molar-refractivity contribution in [2.45, 2.75) is 49.6 Å². The summed E-state index contributed by atoms with van der Waals surface area (Å²) in [4.78, 5) is 13.2. The molecule has 1 saturated carbocycles. The lowest BCUT2D eigenvalue weighted by molar-refractivity contribution is 0.0931. The van der Waals surface area contributed by atoms with E-state index in [9.17, 15) is 13.2 Å². The molecule has 42 heavy (non-hydrogen) atoms. The van der Waals surface area contributed by atoms with E-state index < -0.39 is 21.7 Å². The Hall–Kier alpha value is -3.44. The lowest BCUT2D eigenvalue weighted by Crippen LogP contribution is -2.52. The highest BCUT2D eigenvalue weighted by Gasteiger charge is 2.40. The largest absolute Gasteiger partial charge is 0.496 e. The summed E-state index contributed by atoms with van der Waals surface area (Å²) in [5.74, 6) is 1.02. The van der Waals surface area contributed by atoms with Crippen LogP contribution in [0.5, 0.6) is 11.5 Å². The van der Waals surface area contributed by atoms with Crippen LogP contribution in [-0.4, -0.2) is 60.9 Å². The molecule has 1 aliphatic rings. The molecule has 1 atom stereocenters. The van der Waals surface area contributed by atoms with Crippen LogP contribution in [0.4, 0.5) is 0 Å². The zero-order valence-electron chi connectivity index (χ0n) is 24.5. The van der Waals surface area contributed by atoms with Crippen molar-refractivity contribution in [1.82, 2.24) is 14.8 Å². The van der Waals surface area contributed by atoms with E-state index in [0.717, 1.165) is 16.9 Å². The maximum Gasteiger partial charge on any atom is 0.277 e. The van der Waals surface area contributed by atoms with E-state index in [4.69, 9.17) is 14.2 Å². The van der Waals surface area contributed by atoms with E-state index in [0.29, 0.717) is 50.0 Å². The van der Waals surface area contributed by atoms with Gasteiger partial charge in [0.2, 0.25) is 0 Å². The molecule has 4 rings (SSSR count). The number of carbonyl (C=O) groups is 1. The standard InChI is InChI=1S/C32H41N3O6S/c1-39-22-26(21-24-11-5-4-6-12-24)35-42(37,38)34-25-17-19-32(20-18-25,28-14-8-10-16-30(28)41-3)23-33-31(36)27-13-7-9-15-29(27)40-2/h4-16,25-26,34-35H,17-23H2,1-3H3,(H,33,36)/t25-,26?,32+. The lowest BCUT2D eigenvalue weighted by atomic mass is 9.68. The van der Waals surface area contributed by atoms with Gasteiger partial charge >= 0.3 is 0 Å². The summed E-state index contributed by atoms with van der Waals surface area (Å²) in [5, 5.41) is 3.12. The molecule has 0 bridgehead atoms. The van der Waals surface area contributed by atoms with Crippen LogP contribution in [0, 0.1) is 0 Å². The Morgan fingerprint density at radius 3 is 2.17 bits per heavy atom. The van der Waals surface area contributed by atoms with Crippen LogP contribution < -0.4 is 24.2 Å². The Balaban J connectivity index is 1.46. The van der Waals surface area contributed by atoms with Crippen LogP contribution in [0.3, 0.4) is 0 Å². The molecule has 0 saturated heterocycles. The van der Waals surface area contributed by atoms with Crippen molar-refractivity contribution in [2.75, 3.05) is 34.5 Å². The maximum absolute atomic E-state index is 13.2. The van der Waals surface area contributed by atoms with Gasteiger partial charge in [-0.25, -0.2) is 0 Å². The predicted molar refractivity (Wildman–Crippen MR) is 163 cm³/mol. The third kappa shape index (κ3) is 8.10. The molecule has 1 amide bonds. The van der Waals surface area contributed by atoms with E-state index >= 15 is 0 Å². The molecule has 3 N–H and O–H groups in total. The summed E-state index contributed by atoms with van der Waals surface area (Å²) in [5.41, 5.74) is 2.04. The molecule has 10 heteroatoms. The first kappa shape index (κ1) is 31.5. The van der Waals surface area contributed by atoms with Crippen molar-refractivity contribution in [3.05, 3.63) is 95.6 Å². The first-order valence-electron chi connectivity index (χ1n) is 14.2. The van der Waals surface area contributed by atoms with E-state index in [1.165, 1.54) is 0 Å². The molecule has 1 fully saturated rings. The highest BCUT2D eigenvalue weighted by atomic mass is 32.2. The maximum atomic E-state index is 13.2. The fourth-order valence-corrected chi connectivity index (χ4v) is 7.13. The minimum atomic E-state index is -3.80. The highest BCUT2D eigenvalue weighted by Crippen LogP contribution is 2.43. The second kappa shape index (κ2) is 14.6. The van der Waals surface area contributed by atoms with Gasteiger partial charge in [0, 0.05) is 30.7 Å². The Bertz CT molecular complexity index is 1410. The molecule has 226 valence electrons. The van der Waals surface area contributed by atoms with Gasteiger partial charge < -0.3 is 19.5 Å². The minimum absolute atomic E-state index is 0.226. The van der Waals surface area contributed by atoms with Gasteiger partial charge in [0.05, 0.1) is 32.4 Å². The number of para-hydroxylation sites is 2. The first-order chi connectivity index (χ1) is 20.3. The van der Waals surface area contributed by atoms with Crippen LogP contribution in [0.1, 0.15) is 47.2 Å². The summed E-state index contributed by atoms with van der Waals surface area (Å²) >= 11 is 0. The quantitative estimate of drug-likeness (QED) is 0.260. The molecule has 0 aromatic heterocycles. The normalized spacial score (nSPS) is 19.5. The highest BCUT2D eigenvalue weighted by molar-refractivity contribution is 7.87. The van der Waals surface area contributed by atoms with Crippen molar-refractivity contribution in [3.63, 3.8) is 0 Å². The number of methoxy groups -OCH3 is 3. The molecule has 3 aromatic carbocycles. The molecule has 0 spiro atoms. The summed E-state index contributed by atoms with van der Waals surface area (Å²) in [6.07, 6.45) is 3.01. The van der Waals surface area contributed by atoms with Crippen LogP contribution in [0.15, 0.2) is 78.9 Å². The van der Waals surface area contributed by atoms with Crippen LogP contribution >= 0.6 is 0 Å². The molecular weight excluding hydrogens is 554 g/mol. The molecule has 0 radical (unpaired) electrons. The third-order valence-electron chi connectivity index (χ3n) is 7.90. The fraction of sp³-hybridized carbons (Fsp3) is 0.406. The van der Waals surface area contributed by atoms with Gasteiger partial charge in [-0.15, -0.1) is 0 Å². The Kier molecular flexibility index (Phi) is 11.0. The van der Waals surface area contributed by atoms with E-state index in [1.807, 2.05) is 60.7 Å². The molecule has 3 aromatic rings. The summed E-state index contributed by atoms with van der Waals surface area (Å²) in [7, 11) is 0.942. The monoisotopic (exact) mass is 595 g/mol. The van der Waals surface area contributed by atoms with Crippen LogP contribution in [0.25, 0.3) is 0 Å². The number of rotatable bonds is 14. The molecule has 1 unspecified atom stereocenters. The minimum Gasteiger partial charge on any atom is -0.496 e. The van der Waals surface area contributed by atoms with Gasteiger partial charge in [-0.3, -0.25) is 4.79 Å². The van der Waals surface area contributed by atoms with Gasteiger partial charge in [0.25, 0.3) is 16.1 Å². The number of amides is 1. The number of ether oxygens (including phenoxy) is 3. The Labute approximate surface area is 249 Å². The number of hydrogen-bond acceptors (Lipinski definition) is 6. The summed E-state index contributed by atoms with van der Waals surface area (Å²) in [6, 6.07) is 24.0. The lowest BCUT2D eigenvalue weighted by Gasteiger charge is -2.41. The topological polar surface area (TPSA) is 115 Å². The molecule has 0 heterocycles. The second-order valence-electron chi connectivity index (χ2n) is 10.7. The average Bonchev–Trinajstić information content (AvgIpc) is 3.01. The Morgan fingerprint density at radius 1 is 0.881 bits per heavy atom. The second-order valence-corrected chi connectivity index (χ2v) is 12.2. The van der Waals surface area contributed by atoms with E-state index in [-0.39, 0.29) is 18.6 Å². The SMILES string of the molecule is COCC(Cc1ccccc1)NS(=O)(=O)N[C@H]1CC[C@@](CNC(=O)c2ccccc2OC)(c2ccccc2OC)CC1. The zero-order valence-corrected chi connectivity index (χ0v) is 25.3. The first-order valence-corrected chi connectivity index (χ1v) is 15.6. The van der Waals surface area contributed by atoms with Crippen molar-refractivity contribution in [1.29, 1.82) is 0 Å². The predicted octanol–water partition coefficient (Wildman–Crippen LogP) is 4.00. The average molecular weight is 596 g/mol. The smallest absolute Gasteiger partial charge is 0.277 e. The van der Waals surface area contributed by atoms with Gasteiger partial charge in [0.15, 0.2) is 0 Å². The third-order valence-corrected chi connectivity index (χ3v) is 9.18. The van der Waals surface area contributed by atoms with Crippen molar-refractivity contribution in [3.8, 4) is 11.5 Å². The molecular formula is C32H41N3O6S. The van der Waals surface area contributed by atoms with Gasteiger partial charge in [-0.2, -0.15) is 17.9 Å². The molecule has 1 aliphatic carbocycles. The molecule has 0 aliphatic heterocycles. The van der Waals surface area contributed by atoms with Gasteiger partial charge in [-0.1, -0.05) is 60.7 Å².